The van der Waals surface area contributed by atoms with Crippen molar-refractivity contribution < 1.29 is 0 Å². The number of benzene rings is 1. The molecule has 1 heteroatoms. The highest BCUT2D eigenvalue weighted by Gasteiger charge is 2.25. The van der Waals surface area contributed by atoms with E-state index in [1.807, 2.05) is 11.8 Å². The fourth-order valence-corrected chi connectivity index (χ4v) is 2.54. The average Bonchev–Trinajstić information content (AvgIpc) is 2.02. The first-order valence-electron chi connectivity index (χ1n) is 4.25. The van der Waals surface area contributed by atoms with E-state index in [1.165, 1.54) is 16.2 Å². The molecule has 0 aliphatic carbocycles. The van der Waals surface area contributed by atoms with Crippen LogP contribution < -0.4 is 0 Å². The maximum absolute atomic E-state index is 2.37. The van der Waals surface area contributed by atoms with Crippen molar-refractivity contribution in [1.82, 2.24) is 0 Å². The third-order valence-electron chi connectivity index (χ3n) is 2.06. The van der Waals surface area contributed by atoms with Gasteiger partial charge < -0.3 is 0 Å². The molecule has 0 unspecified atom stereocenters. The van der Waals surface area contributed by atoms with Gasteiger partial charge in [-0.3, -0.25) is 0 Å². The number of rotatable bonds is 0. The van der Waals surface area contributed by atoms with Crippen LogP contribution in [0.1, 0.15) is 19.4 Å². The molecule has 1 aliphatic rings. The Morgan fingerprint density at radius 2 is 2.00 bits per heavy atom. The highest BCUT2D eigenvalue weighted by molar-refractivity contribution is 7.99. The van der Waals surface area contributed by atoms with Crippen LogP contribution in [-0.2, 0) is 0 Å². The third-order valence-corrected chi connectivity index (χ3v) is 3.64. The molecule has 0 nitrogen and oxygen atoms in total. The standard InChI is InChI=1S/C11H13S/c1-11(2)7-9-5-3-4-6-10(9)12-8-11/h3-7H,8H2,1-2H3. The molecule has 1 aliphatic heterocycles. The van der Waals surface area contributed by atoms with Gasteiger partial charge in [0.25, 0.3) is 0 Å². The van der Waals surface area contributed by atoms with Crippen molar-refractivity contribution in [2.24, 2.45) is 5.41 Å². The van der Waals surface area contributed by atoms with E-state index < -0.39 is 0 Å². The summed E-state index contributed by atoms with van der Waals surface area (Å²) in [6.45, 7) is 4.58. The second-order valence-corrected chi connectivity index (χ2v) is 4.98. The molecule has 0 saturated heterocycles. The van der Waals surface area contributed by atoms with Crippen LogP contribution in [0.2, 0.25) is 0 Å². The van der Waals surface area contributed by atoms with Crippen LogP contribution in [-0.4, -0.2) is 5.75 Å². The molecule has 0 amide bonds. The molecule has 12 heavy (non-hydrogen) atoms. The van der Waals surface area contributed by atoms with Gasteiger partial charge in [0.15, 0.2) is 0 Å². The van der Waals surface area contributed by atoms with Gasteiger partial charge in [0.05, 0.1) is 0 Å². The van der Waals surface area contributed by atoms with Gasteiger partial charge in [-0.05, 0) is 23.5 Å². The Morgan fingerprint density at radius 3 is 2.83 bits per heavy atom. The van der Waals surface area contributed by atoms with Gasteiger partial charge >= 0.3 is 0 Å². The predicted molar refractivity (Wildman–Crippen MR) is 54.3 cm³/mol. The van der Waals surface area contributed by atoms with E-state index in [1.54, 1.807) is 0 Å². The van der Waals surface area contributed by atoms with Crippen LogP contribution in [0.25, 0.3) is 0 Å². The van der Waals surface area contributed by atoms with E-state index in [-0.39, 0.29) is 0 Å². The number of fused-ring (bicyclic) bond motifs is 1. The summed E-state index contributed by atoms with van der Waals surface area (Å²) >= 11 is 1.96. The molecule has 0 N–H and O–H groups in total. The molecule has 0 atom stereocenters. The van der Waals surface area contributed by atoms with Crippen LogP contribution in [0, 0.1) is 11.8 Å². The molecular formula is C11H13S. The first-order chi connectivity index (χ1) is 5.67. The van der Waals surface area contributed by atoms with E-state index in [9.17, 15) is 0 Å². The summed E-state index contributed by atoms with van der Waals surface area (Å²) in [6, 6.07) is 8.62. The summed E-state index contributed by atoms with van der Waals surface area (Å²) in [5, 5.41) is 0. The van der Waals surface area contributed by atoms with Gasteiger partial charge in [-0.2, -0.15) is 0 Å². The van der Waals surface area contributed by atoms with Crippen LogP contribution in [0.5, 0.6) is 0 Å². The van der Waals surface area contributed by atoms with Crippen LogP contribution in [0.3, 0.4) is 0 Å². The Bertz CT molecular complexity index is 289. The second-order valence-electron chi connectivity index (χ2n) is 3.96. The van der Waals surface area contributed by atoms with E-state index in [0.29, 0.717) is 5.41 Å². The Balaban J connectivity index is 2.35. The Hall–Kier alpha value is -0.430. The van der Waals surface area contributed by atoms with Gasteiger partial charge in [-0.25, -0.2) is 0 Å². The zero-order valence-corrected chi connectivity index (χ0v) is 8.32. The average molecular weight is 177 g/mol. The minimum absolute atomic E-state index is 0.360. The summed E-state index contributed by atoms with van der Waals surface area (Å²) in [4.78, 5) is 1.43. The Morgan fingerprint density at radius 1 is 1.25 bits per heavy atom. The summed E-state index contributed by atoms with van der Waals surface area (Å²) in [5.74, 6) is 1.20. The molecular weight excluding hydrogens is 164 g/mol. The maximum atomic E-state index is 2.37. The topological polar surface area (TPSA) is 0 Å². The largest absolute Gasteiger partial charge is 0.125 e. The fourth-order valence-electron chi connectivity index (χ4n) is 1.46. The minimum atomic E-state index is 0.360. The lowest BCUT2D eigenvalue weighted by Crippen LogP contribution is -2.19. The molecule has 1 radical (unpaired) electrons. The van der Waals surface area contributed by atoms with Crippen molar-refractivity contribution in [3.8, 4) is 0 Å². The van der Waals surface area contributed by atoms with Gasteiger partial charge in [-0.1, -0.05) is 32.0 Å². The Kier molecular flexibility index (Phi) is 1.91. The highest BCUT2D eigenvalue weighted by atomic mass is 32.2. The fraction of sp³-hybridized carbons (Fsp3) is 0.364. The smallest absolute Gasteiger partial charge is 0.0107 e. The van der Waals surface area contributed by atoms with Crippen LogP contribution in [0.4, 0.5) is 0 Å². The molecule has 2 rings (SSSR count). The minimum Gasteiger partial charge on any atom is -0.125 e. The number of hydrogen-bond acceptors (Lipinski definition) is 1. The predicted octanol–water partition coefficient (Wildman–Crippen LogP) is 3.37. The normalized spacial score (nSPS) is 20.2. The van der Waals surface area contributed by atoms with E-state index >= 15 is 0 Å². The van der Waals surface area contributed by atoms with Gasteiger partial charge in [0.1, 0.15) is 0 Å². The molecule has 1 heterocycles. The van der Waals surface area contributed by atoms with Crippen molar-refractivity contribution in [3.05, 3.63) is 36.2 Å². The summed E-state index contributed by atoms with van der Waals surface area (Å²) < 4.78 is 0. The maximum Gasteiger partial charge on any atom is 0.0107 e. The molecule has 0 saturated carbocycles. The van der Waals surface area contributed by atoms with E-state index in [2.05, 4.69) is 44.5 Å². The molecule has 0 spiro atoms. The van der Waals surface area contributed by atoms with Gasteiger partial charge in [-0.15, -0.1) is 11.8 Å². The van der Waals surface area contributed by atoms with Crippen LogP contribution in [0.15, 0.2) is 29.2 Å². The Labute approximate surface area is 78.4 Å². The van der Waals surface area contributed by atoms with Crippen molar-refractivity contribution in [2.45, 2.75) is 18.7 Å². The molecule has 0 aromatic heterocycles. The van der Waals surface area contributed by atoms with E-state index in [0.717, 1.165) is 0 Å². The molecule has 1 aromatic rings. The monoisotopic (exact) mass is 177 g/mol. The molecule has 1 aromatic carbocycles. The molecule has 63 valence electrons. The quantitative estimate of drug-likeness (QED) is 0.585. The SMILES string of the molecule is CC1(C)[CH]c2ccccc2SC1. The summed E-state index contributed by atoms with van der Waals surface area (Å²) in [5.41, 5.74) is 1.76. The van der Waals surface area contributed by atoms with Gasteiger partial charge in [0, 0.05) is 10.6 Å². The number of hydrogen-bond donors (Lipinski definition) is 0. The van der Waals surface area contributed by atoms with Crippen molar-refractivity contribution in [1.29, 1.82) is 0 Å². The van der Waals surface area contributed by atoms with E-state index in [4.69, 9.17) is 0 Å². The lowest BCUT2D eigenvalue weighted by molar-refractivity contribution is 0.509. The first-order valence-corrected chi connectivity index (χ1v) is 5.24. The van der Waals surface area contributed by atoms with Crippen molar-refractivity contribution >= 4 is 11.8 Å². The molecule has 0 fully saturated rings. The van der Waals surface area contributed by atoms with Gasteiger partial charge in [0.2, 0.25) is 0 Å². The lowest BCUT2D eigenvalue weighted by atomic mass is 9.87. The summed E-state index contributed by atoms with van der Waals surface area (Å²) in [6.07, 6.45) is 2.37. The highest BCUT2D eigenvalue weighted by Crippen LogP contribution is 2.40. The summed E-state index contributed by atoms with van der Waals surface area (Å²) in [7, 11) is 0. The number of thioether (sulfide) groups is 1. The zero-order chi connectivity index (χ0) is 8.60. The lowest BCUT2D eigenvalue weighted by Gasteiger charge is -2.29. The zero-order valence-electron chi connectivity index (χ0n) is 7.50. The van der Waals surface area contributed by atoms with Crippen molar-refractivity contribution in [3.63, 3.8) is 0 Å². The second kappa shape index (κ2) is 2.81. The van der Waals surface area contributed by atoms with Crippen molar-refractivity contribution in [2.75, 3.05) is 5.75 Å². The first kappa shape index (κ1) is 8.18. The molecule has 0 bridgehead atoms. The van der Waals surface area contributed by atoms with Crippen LogP contribution >= 0.6 is 11.8 Å². The third kappa shape index (κ3) is 1.51.